The summed E-state index contributed by atoms with van der Waals surface area (Å²) < 4.78 is 49.3. The summed E-state index contributed by atoms with van der Waals surface area (Å²) in [6, 6.07) is 8.01. The third-order valence-corrected chi connectivity index (χ3v) is 4.36. The first-order valence-electron chi connectivity index (χ1n) is 8.44. The highest BCUT2D eigenvalue weighted by Gasteiger charge is 2.78. The summed E-state index contributed by atoms with van der Waals surface area (Å²) in [5.74, 6) is -3.19. The van der Waals surface area contributed by atoms with Crippen molar-refractivity contribution in [2.24, 2.45) is 0 Å². The number of hydrogen-bond acceptors (Lipinski definition) is 1. The SMILES string of the molecule is C=CCN(CC=C)Cc1ccccc1CCF.FC1(F)C2=CC=CC21F. The van der Waals surface area contributed by atoms with E-state index in [-0.39, 0.29) is 6.67 Å². The van der Waals surface area contributed by atoms with E-state index in [1.165, 1.54) is 11.6 Å². The van der Waals surface area contributed by atoms with E-state index in [0.717, 1.165) is 37.3 Å². The van der Waals surface area contributed by atoms with Crippen molar-refractivity contribution in [1.82, 2.24) is 4.90 Å². The number of nitrogens with zero attached hydrogens (tertiary/aromatic N) is 1. The van der Waals surface area contributed by atoms with E-state index in [0.29, 0.717) is 6.42 Å². The fourth-order valence-corrected chi connectivity index (χ4v) is 2.92. The van der Waals surface area contributed by atoms with Gasteiger partial charge in [0.2, 0.25) is 5.67 Å². The average Bonchev–Trinajstić information content (AvgIpc) is 2.89. The molecule has 0 radical (unpaired) electrons. The Balaban J connectivity index is 0.000000223. The Labute approximate surface area is 152 Å². The number of fused-ring (bicyclic) bond motifs is 1. The minimum absolute atomic E-state index is 0.306. The highest BCUT2D eigenvalue weighted by molar-refractivity contribution is 5.60. The van der Waals surface area contributed by atoms with Crippen molar-refractivity contribution < 1.29 is 17.6 Å². The van der Waals surface area contributed by atoms with Gasteiger partial charge in [0.1, 0.15) is 0 Å². The molecule has 0 aliphatic heterocycles. The maximum Gasteiger partial charge on any atom is 0.314 e. The van der Waals surface area contributed by atoms with Crippen LogP contribution in [-0.4, -0.2) is 36.3 Å². The highest BCUT2D eigenvalue weighted by Crippen LogP contribution is 2.64. The summed E-state index contributed by atoms with van der Waals surface area (Å²) in [6.07, 6.45) is 7.57. The first-order chi connectivity index (χ1) is 12.4. The van der Waals surface area contributed by atoms with Crippen LogP contribution in [0.3, 0.4) is 0 Å². The molecule has 3 rings (SSSR count). The van der Waals surface area contributed by atoms with Gasteiger partial charge in [0.15, 0.2) is 0 Å². The lowest BCUT2D eigenvalue weighted by Crippen LogP contribution is -2.24. The molecule has 1 saturated carbocycles. The van der Waals surface area contributed by atoms with Crippen LogP contribution in [-0.2, 0) is 13.0 Å². The number of aryl methyl sites for hydroxylation is 1. The zero-order valence-electron chi connectivity index (χ0n) is 14.6. The fourth-order valence-electron chi connectivity index (χ4n) is 2.92. The second-order valence-electron chi connectivity index (χ2n) is 6.20. The molecule has 0 heterocycles. The summed E-state index contributed by atoms with van der Waals surface area (Å²) in [5.41, 5.74) is -0.510. The zero-order chi connectivity index (χ0) is 19.2. The van der Waals surface area contributed by atoms with E-state index in [1.54, 1.807) is 0 Å². The Bertz CT molecular complexity index is 698. The summed E-state index contributed by atoms with van der Waals surface area (Å²) >= 11 is 0. The third kappa shape index (κ3) is 4.15. The van der Waals surface area contributed by atoms with Gasteiger partial charge in [-0.1, -0.05) is 48.6 Å². The molecule has 1 aromatic rings. The van der Waals surface area contributed by atoms with E-state index in [4.69, 9.17) is 0 Å². The van der Waals surface area contributed by atoms with Crippen LogP contribution in [0.25, 0.3) is 0 Å². The number of benzene rings is 1. The van der Waals surface area contributed by atoms with Crippen LogP contribution in [0.1, 0.15) is 11.1 Å². The molecule has 140 valence electrons. The number of alkyl halides is 4. The second kappa shape index (κ2) is 8.49. The lowest BCUT2D eigenvalue weighted by molar-refractivity contribution is 0.0664. The topological polar surface area (TPSA) is 3.24 Å². The van der Waals surface area contributed by atoms with E-state index >= 15 is 0 Å². The standard InChI is InChI=1S/C15H20FN.C6H3F3/c1-3-11-17(12-4-2)13-15-8-6-5-7-14(15)9-10-16;7-5-3-1-2-4(5)6(5,8)9/h3-8H,1-2,9-13H2;1-3H. The van der Waals surface area contributed by atoms with E-state index in [1.807, 2.05) is 30.4 Å². The van der Waals surface area contributed by atoms with Crippen molar-refractivity contribution in [1.29, 1.82) is 0 Å². The van der Waals surface area contributed by atoms with Crippen molar-refractivity contribution in [3.8, 4) is 0 Å². The van der Waals surface area contributed by atoms with Crippen LogP contribution in [0, 0.1) is 0 Å². The monoisotopic (exact) mass is 365 g/mol. The maximum atomic E-state index is 12.6. The molecule has 1 atom stereocenters. The fraction of sp³-hybridized carbons (Fsp3) is 0.333. The van der Waals surface area contributed by atoms with Crippen LogP contribution in [0.2, 0.25) is 0 Å². The van der Waals surface area contributed by atoms with Crippen molar-refractivity contribution >= 4 is 0 Å². The number of halogens is 4. The molecule has 1 aromatic carbocycles. The van der Waals surface area contributed by atoms with Crippen LogP contribution in [0.4, 0.5) is 17.6 Å². The van der Waals surface area contributed by atoms with E-state index in [9.17, 15) is 17.6 Å². The highest BCUT2D eigenvalue weighted by atomic mass is 19.3. The average molecular weight is 365 g/mol. The Kier molecular flexibility index (Phi) is 6.59. The molecule has 0 aromatic heterocycles. The largest absolute Gasteiger partial charge is 0.314 e. The summed E-state index contributed by atoms with van der Waals surface area (Å²) in [7, 11) is 0. The molecular weight excluding hydrogens is 342 g/mol. The van der Waals surface area contributed by atoms with Crippen molar-refractivity contribution in [3.05, 3.63) is 84.5 Å². The van der Waals surface area contributed by atoms with Gasteiger partial charge >= 0.3 is 5.92 Å². The molecule has 1 fully saturated rings. The number of hydrogen-bond donors (Lipinski definition) is 0. The van der Waals surface area contributed by atoms with Crippen molar-refractivity contribution in [2.45, 2.75) is 24.6 Å². The number of allylic oxidation sites excluding steroid dienone is 4. The lowest BCUT2D eigenvalue weighted by atomic mass is 10.0. The zero-order valence-corrected chi connectivity index (χ0v) is 14.6. The molecule has 0 saturated heterocycles. The van der Waals surface area contributed by atoms with Gasteiger partial charge in [-0.25, -0.2) is 4.39 Å². The molecule has 26 heavy (non-hydrogen) atoms. The van der Waals surface area contributed by atoms with Crippen molar-refractivity contribution in [3.63, 3.8) is 0 Å². The van der Waals surface area contributed by atoms with Crippen LogP contribution in [0.5, 0.6) is 0 Å². The summed E-state index contributed by atoms with van der Waals surface area (Å²) in [4.78, 5) is 2.22. The van der Waals surface area contributed by atoms with Crippen molar-refractivity contribution in [2.75, 3.05) is 19.8 Å². The van der Waals surface area contributed by atoms with E-state index in [2.05, 4.69) is 24.1 Å². The van der Waals surface area contributed by atoms with Crippen LogP contribution < -0.4 is 0 Å². The molecule has 0 N–H and O–H groups in total. The van der Waals surface area contributed by atoms with Gasteiger partial charge < -0.3 is 0 Å². The number of rotatable bonds is 8. The summed E-state index contributed by atoms with van der Waals surface area (Å²) in [5, 5.41) is 0. The first-order valence-corrected chi connectivity index (χ1v) is 8.44. The molecule has 0 spiro atoms. The van der Waals surface area contributed by atoms with Gasteiger partial charge in [0, 0.05) is 31.6 Å². The van der Waals surface area contributed by atoms with Gasteiger partial charge in [-0.3, -0.25) is 9.29 Å². The second-order valence-corrected chi connectivity index (χ2v) is 6.20. The van der Waals surface area contributed by atoms with Gasteiger partial charge in [0.05, 0.1) is 6.67 Å². The minimum Gasteiger partial charge on any atom is -0.292 e. The predicted octanol–water partition coefficient (Wildman–Crippen LogP) is 5.21. The molecule has 1 unspecified atom stereocenters. The Morgan fingerprint density at radius 1 is 1.00 bits per heavy atom. The molecule has 2 aliphatic carbocycles. The summed E-state index contributed by atoms with van der Waals surface area (Å²) in [6.45, 7) is 9.63. The minimum atomic E-state index is -3.19. The smallest absolute Gasteiger partial charge is 0.292 e. The van der Waals surface area contributed by atoms with Gasteiger partial charge in [-0.2, -0.15) is 8.78 Å². The quantitative estimate of drug-likeness (QED) is 0.451. The van der Waals surface area contributed by atoms with Gasteiger partial charge in [-0.15, -0.1) is 13.2 Å². The molecule has 5 heteroatoms. The normalized spacial score (nSPS) is 21.5. The van der Waals surface area contributed by atoms with Crippen LogP contribution in [0.15, 0.2) is 73.4 Å². The third-order valence-electron chi connectivity index (χ3n) is 4.36. The van der Waals surface area contributed by atoms with Gasteiger partial charge in [0.25, 0.3) is 0 Å². The van der Waals surface area contributed by atoms with E-state index < -0.39 is 17.2 Å². The molecule has 2 aliphatic rings. The lowest BCUT2D eigenvalue weighted by Gasteiger charge is -2.20. The predicted molar refractivity (Wildman–Crippen MR) is 97.8 cm³/mol. The van der Waals surface area contributed by atoms with Gasteiger partial charge in [-0.05, 0) is 17.2 Å². The Morgan fingerprint density at radius 2 is 1.62 bits per heavy atom. The van der Waals surface area contributed by atoms with Crippen LogP contribution >= 0.6 is 0 Å². The molecule has 0 bridgehead atoms. The molecule has 1 nitrogen and oxygen atoms in total. The first kappa shape index (κ1) is 20.2. The molecule has 0 amide bonds. The molecular formula is C21H23F4N. The Morgan fingerprint density at radius 3 is 2.04 bits per heavy atom. The Hall–Kier alpha value is -2.14. The maximum absolute atomic E-state index is 12.6.